The third kappa shape index (κ3) is 2.73. The van der Waals surface area contributed by atoms with Crippen LogP contribution in [-0.2, 0) is 6.42 Å². The summed E-state index contributed by atoms with van der Waals surface area (Å²) >= 11 is 1.46. The Morgan fingerprint density at radius 2 is 2.11 bits per heavy atom. The molecule has 2 nitrogen and oxygen atoms in total. The van der Waals surface area contributed by atoms with Gasteiger partial charge in [0.2, 0.25) is 0 Å². The summed E-state index contributed by atoms with van der Waals surface area (Å²) in [7, 11) is 1.89. The molecule has 1 heterocycles. The van der Waals surface area contributed by atoms with Crippen LogP contribution in [0.15, 0.2) is 18.2 Å². The van der Waals surface area contributed by atoms with Gasteiger partial charge in [0.1, 0.15) is 16.6 Å². The minimum atomic E-state index is -0.570. The molecule has 0 spiro atoms. The molecule has 1 aromatic heterocycles. The molecule has 96 valence electrons. The Kier molecular flexibility index (Phi) is 4.04. The lowest BCUT2D eigenvalue weighted by molar-refractivity contribution is 0.585. The molecule has 0 aliphatic carbocycles. The Hall–Kier alpha value is -1.33. The van der Waals surface area contributed by atoms with Gasteiger partial charge in [0.05, 0.1) is 5.69 Å². The van der Waals surface area contributed by atoms with E-state index in [0.717, 1.165) is 29.6 Å². The van der Waals surface area contributed by atoms with E-state index in [1.165, 1.54) is 23.5 Å². The van der Waals surface area contributed by atoms with Gasteiger partial charge in [-0.1, -0.05) is 0 Å². The van der Waals surface area contributed by atoms with Gasteiger partial charge in [-0.2, -0.15) is 0 Å². The SMILES string of the molecule is CNCCc1sc(-c2ccc(F)cc2F)nc1C. The Bertz CT molecular complexity index is 552. The standard InChI is InChI=1S/C13H14F2N2S/c1-8-12(5-6-16-2)18-13(17-8)10-4-3-9(14)7-11(10)15/h3-4,7,16H,5-6H2,1-2H3. The Morgan fingerprint density at radius 3 is 2.78 bits per heavy atom. The van der Waals surface area contributed by atoms with E-state index in [2.05, 4.69) is 10.3 Å². The molecule has 1 aromatic carbocycles. The van der Waals surface area contributed by atoms with Gasteiger partial charge in [-0.25, -0.2) is 13.8 Å². The quantitative estimate of drug-likeness (QED) is 0.921. The molecule has 0 aliphatic rings. The van der Waals surface area contributed by atoms with E-state index in [1.54, 1.807) is 0 Å². The summed E-state index contributed by atoms with van der Waals surface area (Å²) in [5.74, 6) is -1.14. The predicted octanol–water partition coefficient (Wildman–Crippen LogP) is 3.16. The van der Waals surface area contributed by atoms with Gasteiger partial charge in [0.25, 0.3) is 0 Å². The van der Waals surface area contributed by atoms with E-state index >= 15 is 0 Å². The number of aromatic nitrogens is 1. The molecule has 0 fully saturated rings. The molecule has 0 saturated carbocycles. The fourth-order valence-corrected chi connectivity index (χ4v) is 2.77. The van der Waals surface area contributed by atoms with Crippen LogP contribution in [0, 0.1) is 18.6 Å². The summed E-state index contributed by atoms with van der Waals surface area (Å²) in [6.07, 6.45) is 0.864. The number of hydrogen-bond donors (Lipinski definition) is 1. The fraction of sp³-hybridized carbons (Fsp3) is 0.308. The molecule has 0 unspecified atom stereocenters. The Balaban J connectivity index is 2.33. The maximum Gasteiger partial charge on any atom is 0.136 e. The lowest BCUT2D eigenvalue weighted by atomic mass is 10.2. The molecule has 0 atom stereocenters. The first-order valence-corrected chi connectivity index (χ1v) is 6.50. The van der Waals surface area contributed by atoms with E-state index in [1.807, 2.05) is 14.0 Å². The van der Waals surface area contributed by atoms with Crippen LogP contribution in [0.4, 0.5) is 8.78 Å². The number of nitrogens with one attached hydrogen (secondary N) is 1. The highest BCUT2D eigenvalue weighted by atomic mass is 32.1. The zero-order chi connectivity index (χ0) is 13.1. The number of aryl methyl sites for hydroxylation is 1. The second kappa shape index (κ2) is 5.54. The maximum atomic E-state index is 13.6. The summed E-state index contributed by atoms with van der Waals surface area (Å²) in [5.41, 5.74) is 1.27. The maximum absolute atomic E-state index is 13.6. The minimum absolute atomic E-state index is 0.361. The van der Waals surface area contributed by atoms with Crippen LogP contribution < -0.4 is 5.32 Å². The molecule has 0 amide bonds. The van der Waals surface area contributed by atoms with Crippen LogP contribution in [0.5, 0.6) is 0 Å². The molecule has 18 heavy (non-hydrogen) atoms. The molecule has 1 N–H and O–H groups in total. The number of nitrogens with zero attached hydrogens (tertiary/aromatic N) is 1. The first kappa shape index (κ1) is 13.1. The first-order chi connectivity index (χ1) is 8.61. The number of thiazole rings is 1. The smallest absolute Gasteiger partial charge is 0.136 e. The average Bonchev–Trinajstić information content (AvgIpc) is 2.68. The Morgan fingerprint density at radius 1 is 1.33 bits per heavy atom. The van der Waals surface area contributed by atoms with Gasteiger partial charge in [0.15, 0.2) is 0 Å². The monoisotopic (exact) mass is 268 g/mol. The van der Waals surface area contributed by atoms with Crippen molar-refractivity contribution in [3.63, 3.8) is 0 Å². The normalized spacial score (nSPS) is 10.9. The molecule has 2 aromatic rings. The minimum Gasteiger partial charge on any atom is -0.319 e. The average molecular weight is 268 g/mol. The second-order valence-electron chi connectivity index (χ2n) is 4.01. The van der Waals surface area contributed by atoms with Crippen LogP contribution >= 0.6 is 11.3 Å². The van der Waals surface area contributed by atoms with Crippen LogP contribution in [0.3, 0.4) is 0 Å². The van der Waals surface area contributed by atoms with Crippen LogP contribution in [0.25, 0.3) is 10.6 Å². The predicted molar refractivity (Wildman–Crippen MR) is 69.8 cm³/mol. The molecule has 2 rings (SSSR count). The van der Waals surface area contributed by atoms with Crippen molar-refractivity contribution in [3.8, 4) is 10.6 Å². The number of halogens is 2. The molecule has 0 aliphatic heterocycles. The number of likely N-dealkylation sites (N-methyl/N-ethyl adjacent to an activating group) is 1. The molecule has 0 bridgehead atoms. The van der Waals surface area contributed by atoms with Gasteiger partial charge >= 0.3 is 0 Å². The molecule has 0 saturated heterocycles. The van der Waals surface area contributed by atoms with E-state index in [9.17, 15) is 8.78 Å². The number of benzene rings is 1. The number of hydrogen-bond acceptors (Lipinski definition) is 3. The van der Waals surface area contributed by atoms with Crippen LogP contribution in [0.1, 0.15) is 10.6 Å². The van der Waals surface area contributed by atoms with Gasteiger partial charge in [0, 0.05) is 16.5 Å². The van der Waals surface area contributed by atoms with Crippen LogP contribution in [-0.4, -0.2) is 18.6 Å². The lowest BCUT2D eigenvalue weighted by Crippen LogP contribution is -2.09. The van der Waals surface area contributed by atoms with Crippen molar-refractivity contribution in [2.75, 3.05) is 13.6 Å². The van der Waals surface area contributed by atoms with Crippen molar-refractivity contribution in [2.24, 2.45) is 0 Å². The molecular weight excluding hydrogens is 254 g/mol. The topological polar surface area (TPSA) is 24.9 Å². The highest BCUT2D eigenvalue weighted by Crippen LogP contribution is 2.30. The van der Waals surface area contributed by atoms with Gasteiger partial charge < -0.3 is 5.32 Å². The fourth-order valence-electron chi connectivity index (χ4n) is 1.68. The van der Waals surface area contributed by atoms with E-state index in [0.29, 0.717) is 10.6 Å². The van der Waals surface area contributed by atoms with E-state index in [4.69, 9.17) is 0 Å². The zero-order valence-electron chi connectivity index (χ0n) is 10.3. The van der Waals surface area contributed by atoms with E-state index < -0.39 is 11.6 Å². The van der Waals surface area contributed by atoms with Gasteiger partial charge in [-0.15, -0.1) is 11.3 Å². The third-order valence-electron chi connectivity index (χ3n) is 2.66. The van der Waals surface area contributed by atoms with Crippen molar-refractivity contribution in [2.45, 2.75) is 13.3 Å². The molecule has 5 heteroatoms. The summed E-state index contributed by atoms with van der Waals surface area (Å²) in [6.45, 7) is 2.76. The van der Waals surface area contributed by atoms with Crippen molar-refractivity contribution in [1.82, 2.24) is 10.3 Å². The second-order valence-corrected chi connectivity index (χ2v) is 5.09. The summed E-state index contributed by atoms with van der Waals surface area (Å²) in [6, 6.07) is 3.58. The van der Waals surface area contributed by atoms with Crippen molar-refractivity contribution in [3.05, 3.63) is 40.4 Å². The Labute approximate surface area is 109 Å². The zero-order valence-corrected chi connectivity index (χ0v) is 11.1. The van der Waals surface area contributed by atoms with Crippen LogP contribution in [0.2, 0.25) is 0 Å². The molecular formula is C13H14F2N2S. The number of rotatable bonds is 4. The highest BCUT2D eigenvalue weighted by molar-refractivity contribution is 7.15. The van der Waals surface area contributed by atoms with Gasteiger partial charge in [-0.05, 0) is 39.1 Å². The lowest BCUT2D eigenvalue weighted by Gasteiger charge is -1.98. The third-order valence-corrected chi connectivity index (χ3v) is 3.91. The summed E-state index contributed by atoms with van der Waals surface area (Å²) < 4.78 is 26.5. The molecule has 0 radical (unpaired) electrons. The highest BCUT2D eigenvalue weighted by Gasteiger charge is 2.13. The largest absolute Gasteiger partial charge is 0.319 e. The van der Waals surface area contributed by atoms with Gasteiger partial charge in [-0.3, -0.25) is 0 Å². The van der Waals surface area contributed by atoms with E-state index in [-0.39, 0.29) is 0 Å². The summed E-state index contributed by atoms with van der Waals surface area (Å²) in [5, 5.41) is 3.67. The van der Waals surface area contributed by atoms with Crippen molar-refractivity contribution >= 4 is 11.3 Å². The first-order valence-electron chi connectivity index (χ1n) is 5.68. The summed E-state index contributed by atoms with van der Waals surface area (Å²) in [4.78, 5) is 5.48. The van der Waals surface area contributed by atoms with Crippen molar-refractivity contribution < 1.29 is 8.78 Å². The van der Waals surface area contributed by atoms with Crippen molar-refractivity contribution in [1.29, 1.82) is 0 Å².